The van der Waals surface area contributed by atoms with Crippen molar-refractivity contribution in [1.29, 1.82) is 0 Å². The number of halogens is 3. The van der Waals surface area contributed by atoms with Crippen molar-refractivity contribution in [2.45, 2.75) is 6.92 Å². The molecule has 0 aliphatic carbocycles. The number of aryl methyl sites for hydroxylation is 1. The zero-order chi connectivity index (χ0) is 13.3. The number of nitrogens with one attached hydrogen (secondary N) is 1. The SMILES string of the molecule is Cc1ccc(Cl)c(Nc2cc(Cl)c(F)cc2N)c1. The van der Waals surface area contributed by atoms with Crippen LogP contribution in [0, 0.1) is 12.7 Å². The first-order chi connectivity index (χ1) is 8.47. The van der Waals surface area contributed by atoms with Gasteiger partial charge in [0.15, 0.2) is 0 Å². The highest BCUT2D eigenvalue weighted by Gasteiger charge is 2.08. The van der Waals surface area contributed by atoms with Gasteiger partial charge in [0.1, 0.15) is 5.82 Å². The van der Waals surface area contributed by atoms with Crippen LogP contribution in [0.3, 0.4) is 0 Å². The summed E-state index contributed by atoms with van der Waals surface area (Å²) in [5.41, 5.74) is 8.27. The Hall–Kier alpha value is -1.45. The van der Waals surface area contributed by atoms with E-state index in [0.29, 0.717) is 16.4 Å². The molecule has 0 fully saturated rings. The largest absolute Gasteiger partial charge is 0.397 e. The van der Waals surface area contributed by atoms with E-state index in [4.69, 9.17) is 28.9 Å². The Morgan fingerprint density at radius 2 is 1.78 bits per heavy atom. The number of anilines is 3. The number of nitrogen functional groups attached to an aromatic ring is 1. The number of benzene rings is 2. The van der Waals surface area contributed by atoms with E-state index in [1.54, 1.807) is 6.07 Å². The molecule has 3 N–H and O–H groups in total. The second-order valence-electron chi connectivity index (χ2n) is 3.96. The van der Waals surface area contributed by atoms with Crippen molar-refractivity contribution in [2.24, 2.45) is 0 Å². The maximum atomic E-state index is 13.2. The molecule has 0 aliphatic heterocycles. The van der Waals surface area contributed by atoms with Crippen LogP contribution < -0.4 is 11.1 Å². The smallest absolute Gasteiger partial charge is 0.143 e. The Morgan fingerprint density at radius 3 is 2.50 bits per heavy atom. The van der Waals surface area contributed by atoms with Gasteiger partial charge in [-0.15, -0.1) is 0 Å². The minimum atomic E-state index is -0.546. The quantitative estimate of drug-likeness (QED) is 0.780. The lowest BCUT2D eigenvalue weighted by Crippen LogP contribution is -1.98. The lowest BCUT2D eigenvalue weighted by Gasteiger charge is -2.12. The summed E-state index contributed by atoms with van der Waals surface area (Å²) in [6.07, 6.45) is 0. The number of hydrogen-bond donors (Lipinski definition) is 2. The molecule has 0 radical (unpaired) electrons. The van der Waals surface area contributed by atoms with E-state index >= 15 is 0 Å². The van der Waals surface area contributed by atoms with Crippen LogP contribution in [0.5, 0.6) is 0 Å². The first-order valence-corrected chi connectivity index (χ1v) is 6.00. The van der Waals surface area contributed by atoms with Crippen molar-refractivity contribution >= 4 is 40.3 Å². The van der Waals surface area contributed by atoms with Gasteiger partial charge in [-0.2, -0.15) is 0 Å². The van der Waals surface area contributed by atoms with Crippen LogP contribution in [0.1, 0.15) is 5.56 Å². The van der Waals surface area contributed by atoms with E-state index in [9.17, 15) is 4.39 Å². The van der Waals surface area contributed by atoms with Crippen LogP contribution in [-0.4, -0.2) is 0 Å². The average molecular weight is 285 g/mol. The first-order valence-electron chi connectivity index (χ1n) is 5.25. The van der Waals surface area contributed by atoms with Gasteiger partial charge in [-0.05, 0) is 30.7 Å². The molecule has 2 aromatic rings. The molecule has 2 aromatic carbocycles. The number of rotatable bonds is 2. The van der Waals surface area contributed by atoms with E-state index < -0.39 is 5.82 Å². The number of hydrogen-bond acceptors (Lipinski definition) is 2. The molecule has 0 unspecified atom stereocenters. The standard InChI is InChI=1S/C13H11Cl2FN2/c1-7-2-3-8(14)12(4-7)18-13-5-9(15)10(16)6-11(13)17/h2-6,18H,17H2,1H3. The van der Waals surface area contributed by atoms with Gasteiger partial charge in [0.05, 0.1) is 27.1 Å². The molecule has 0 aromatic heterocycles. The summed E-state index contributed by atoms with van der Waals surface area (Å²) in [6.45, 7) is 1.95. The van der Waals surface area contributed by atoms with Crippen LogP contribution in [0.25, 0.3) is 0 Å². The fourth-order valence-corrected chi connectivity index (χ4v) is 1.88. The molecule has 0 spiro atoms. The molecule has 0 aliphatic rings. The van der Waals surface area contributed by atoms with Gasteiger partial charge in [-0.3, -0.25) is 0 Å². The Labute approximate surface area is 115 Å². The van der Waals surface area contributed by atoms with Crippen molar-refractivity contribution < 1.29 is 4.39 Å². The number of nitrogens with two attached hydrogens (primary N) is 1. The molecular formula is C13H11Cl2FN2. The van der Waals surface area contributed by atoms with Crippen molar-refractivity contribution in [3.63, 3.8) is 0 Å². The van der Waals surface area contributed by atoms with Gasteiger partial charge in [0, 0.05) is 6.07 Å². The summed E-state index contributed by atoms with van der Waals surface area (Å²) in [5, 5.41) is 3.61. The summed E-state index contributed by atoms with van der Waals surface area (Å²) in [4.78, 5) is 0. The molecular weight excluding hydrogens is 274 g/mol. The van der Waals surface area contributed by atoms with Gasteiger partial charge in [-0.25, -0.2) is 4.39 Å². The van der Waals surface area contributed by atoms with Gasteiger partial charge in [-0.1, -0.05) is 29.3 Å². The van der Waals surface area contributed by atoms with E-state index in [1.807, 2.05) is 19.1 Å². The van der Waals surface area contributed by atoms with Crippen molar-refractivity contribution in [2.75, 3.05) is 11.1 Å². The Bertz CT molecular complexity index is 600. The molecule has 0 atom stereocenters. The van der Waals surface area contributed by atoms with E-state index in [2.05, 4.69) is 5.32 Å². The van der Waals surface area contributed by atoms with Gasteiger partial charge in [0.25, 0.3) is 0 Å². The zero-order valence-corrected chi connectivity index (χ0v) is 11.1. The van der Waals surface area contributed by atoms with Crippen molar-refractivity contribution in [3.05, 3.63) is 51.8 Å². The molecule has 0 amide bonds. The van der Waals surface area contributed by atoms with Crippen LogP contribution >= 0.6 is 23.2 Å². The summed E-state index contributed by atoms with van der Waals surface area (Å²) >= 11 is 11.8. The van der Waals surface area contributed by atoms with E-state index in [1.165, 1.54) is 12.1 Å². The second-order valence-corrected chi connectivity index (χ2v) is 4.78. The summed E-state index contributed by atoms with van der Waals surface area (Å²) < 4.78 is 13.2. The third-order valence-electron chi connectivity index (χ3n) is 2.48. The molecule has 0 bridgehead atoms. The van der Waals surface area contributed by atoms with Gasteiger partial charge >= 0.3 is 0 Å². The molecule has 0 saturated carbocycles. The Morgan fingerprint density at radius 1 is 1.06 bits per heavy atom. The fraction of sp³-hybridized carbons (Fsp3) is 0.0769. The molecule has 2 nitrogen and oxygen atoms in total. The lowest BCUT2D eigenvalue weighted by molar-refractivity contribution is 0.629. The third kappa shape index (κ3) is 2.68. The third-order valence-corrected chi connectivity index (χ3v) is 3.10. The lowest BCUT2D eigenvalue weighted by atomic mass is 10.2. The van der Waals surface area contributed by atoms with Crippen molar-refractivity contribution in [1.82, 2.24) is 0 Å². The molecule has 94 valence electrons. The monoisotopic (exact) mass is 284 g/mol. The molecule has 18 heavy (non-hydrogen) atoms. The highest BCUT2D eigenvalue weighted by molar-refractivity contribution is 6.33. The minimum Gasteiger partial charge on any atom is -0.397 e. The Kier molecular flexibility index (Phi) is 3.64. The normalized spacial score (nSPS) is 10.4. The van der Waals surface area contributed by atoms with Crippen molar-refractivity contribution in [3.8, 4) is 0 Å². The van der Waals surface area contributed by atoms with Crippen LogP contribution in [0.4, 0.5) is 21.5 Å². The predicted molar refractivity (Wildman–Crippen MR) is 75.3 cm³/mol. The maximum Gasteiger partial charge on any atom is 0.143 e. The molecule has 0 saturated heterocycles. The Balaban J connectivity index is 2.40. The predicted octanol–water partition coefficient (Wildman–Crippen LogP) is 4.77. The van der Waals surface area contributed by atoms with Gasteiger partial charge < -0.3 is 11.1 Å². The van der Waals surface area contributed by atoms with Crippen LogP contribution in [-0.2, 0) is 0 Å². The molecule has 0 heterocycles. The minimum absolute atomic E-state index is 0.00970. The summed E-state index contributed by atoms with van der Waals surface area (Å²) in [7, 11) is 0. The highest BCUT2D eigenvalue weighted by atomic mass is 35.5. The van der Waals surface area contributed by atoms with Crippen LogP contribution in [0.2, 0.25) is 10.0 Å². The summed E-state index contributed by atoms with van der Waals surface area (Å²) in [6, 6.07) is 8.16. The molecule has 2 rings (SSSR count). The van der Waals surface area contributed by atoms with Crippen LogP contribution in [0.15, 0.2) is 30.3 Å². The topological polar surface area (TPSA) is 38.0 Å². The second kappa shape index (κ2) is 5.04. The maximum absolute atomic E-state index is 13.2. The first kappa shape index (κ1) is 13.0. The highest BCUT2D eigenvalue weighted by Crippen LogP contribution is 2.32. The van der Waals surface area contributed by atoms with Gasteiger partial charge in [0.2, 0.25) is 0 Å². The summed E-state index contributed by atoms with van der Waals surface area (Å²) in [5.74, 6) is -0.546. The average Bonchev–Trinajstić information content (AvgIpc) is 2.30. The molecule has 5 heteroatoms. The fourth-order valence-electron chi connectivity index (χ4n) is 1.55. The van der Waals surface area contributed by atoms with E-state index in [-0.39, 0.29) is 10.7 Å². The van der Waals surface area contributed by atoms with E-state index in [0.717, 1.165) is 5.56 Å². The zero-order valence-electron chi connectivity index (χ0n) is 9.60.